The Balaban J connectivity index is 2.93. The molecule has 0 unspecified atom stereocenters. The standard InChI is InChI=1S/C10H17ClN2O4S2/c1-3-6-18(14,15)7-5-13-8-10(19(11,16)17)12-9(13)4-2/h8H,3-7H2,1-2H3. The highest BCUT2D eigenvalue weighted by Gasteiger charge is 2.18. The van der Waals surface area contributed by atoms with E-state index in [0.29, 0.717) is 18.7 Å². The third-order valence-electron chi connectivity index (χ3n) is 2.56. The van der Waals surface area contributed by atoms with Gasteiger partial charge in [0.2, 0.25) is 0 Å². The Hall–Kier alpha value is -0.600. The summed E-state index contributed by atoms with van der Waals surface area (Å²) in [6.45, 7) is 3.79. The molecule has 0 amide bonds. The summed E-state index contributed by atoms with van der Waals surface area (Å²) < 4.78 is 47.2. The monoisotopic (exact) mass is 328 g/mol. The molecule has 0 aliphatic rings. The molecular weight excluding hydrogens is 312 g/mol. The molecule has 1 heterocycles. The highest BCUT2D eigenvalue weighted by molar-refractivity contribution is 8.13. The molecule has 0 aliphatic carbocycles. The molecule has 110 valence electrons. The molecule has 0 aliphatic heterocycles. The van der Waals surface area contributed by atoms with Crippen LogP contribution in [0.1, 0.15) is 26.1 Å². The predicted octanol–water partition coefficient (Wildman–Crippen LogP) is 1.20. The molecule has 0 atom stereocenters. The number of sulfone groups is 1. The molecule has 9 heteroatoms. The third-order valence-corrected chi connectivity index (χ3v) is 5.57. The van der Waals surface area contributed by atoms with E-state index >= 15 is 0 Å². The molecule has 0 saturated carbocycles. The van der Waals surface area contributed by atoms with E-state index in [9.17, 15) is 16.8 Å². The molecule has 0 radical (unpaired) electrons. The van der Waals surface area contributed by atoms with Crippen molar-refractivity contribution in [1.29, 1.82) is 0 Å². The van der Waals surface area contributed by atoms with Crippen molar-refractivity contribution in [2.75, 3.05) is 11.5 Å². The van der Waals surface area contributed by atoms with Crippen LogP contribution in [0.3, 0.4) is 0 Å². The molecule has 1 aromatic rings. The summed E-state index contributed by atoms with van der Waals surface area (Å²) in [6, 6.07) is 0. The zero-order chi connectivity index (χ0) is 14.7. The molecule has 0 aromatic carbocycles. The topological polar surface area (TPSA) is 86.1 Å². The van der Waals surface area contributed by atoms with E-state index in [2.05, 4.69) is 4.98 Å². The quantitative estimate of drug-likeness (QED) is 0.702. The second-order valence-electron chi connectivity index (χ2n) is 4.13. The fraction of sp³-hybridized carbons (Fsp3) is 0.700. The summed E-state index contributed by atoms with van der Waals surface area (Å²) in [5.74, 6) is 0.599. The number of aromatic nitrogens is 2. The van der Waals surface area contributed by atoms with Crippen LogP contribution in [0.2, 0.25) is 0 Å². The first-order chi connectivity index (χ1) is 8.69. The Morgan fingerprint density at radius 2 is 1.84 bits per heavy atom. The van der Waals surface area contributed by atoms with Crippen LogP contribution >= 0.6 is 10.7 Å². The molecule has 6 nitrogen and oxygen atoms in total. The van der Waals surface area contributed by atoms with Crippen LogP contribution in [-0.2, 0) is 31.9 Å². The highest BCUT2D eigenvalue weighted by Crippen LogP contribution is 2.15. The summed E-state index contributed by atoms with van der Waals surface area (Å²) in [5.41, 5.74) is 0. The van der Waals surface area contributed by atoms with E-state index in [0.717, 1.165) is 0 Å². The van der Waals surface area contributed by atoms with Crippen molar-refractivity contribution in [3.8, 4) is 0 Å². The molecule has 0 spiro atoms. The Morgan fingerprint density at radius 1 is 1.21 bits per heavy atom. The van der Waals surface area contributed by atoms with Crippen molar-refractivity contribution < 1.29 is 16.8 Å². The van der Waals surface area contributed by atoms with Crippen LogP contribution in [0.5, 0.6) is 0 Å². The molecule has 0 N–H and O–H groups in total. The van der Waals surface area contributed by atoms with Gasteiger partial charge in [0, 0.05) is 35.6 Å². The first-order valence-electron chi connectivity index (χ1n) is 5.90. The Bertz CT molecular complexity index is 634. The molecule has 19 heavy (non-hydrogen) atoms. The summed E-state index contributed by atoms with van der Waals surface area (Å²) in [4.78, 5) is 3.89. The zero-order valence-electron chi connectivity index (χ0n) is 10.8. The average molecular weight is 329 g/mol. The number of hydrogen-bond acceptors (Lipinski definition) is 5. The highest BCUT2D eigenvalue weighted by atomic mass is 35.7. The van der Waals surface area contributed by atoms with Crippen LogP contribution in [0.15, 0.2) is 11.2 Å². The van der Waals surface area contributed by atoms with Gasteiger partial charge in [-0.15, -0.1) is 0 Å². The SMILES string of the molecule is CCCS(=O)(=O)CCn1cc(S(=O)(=O)Cl)nc1CC. The van der Waals surface area contributed by atoms with Crippen LogP contribution in [0, 0.1) is 0 Å². The molecular formula is C10H17ClN2O4S2. The van der Waals surface area contributed by atoms with Gasteiger partial charge >= 0.3 is 0 Å². The minimum atomic E-state index is -3.89. The lowest BCUT2D eigenvalue weighted by Crippen LogP contribution is -2.16. The first-order valence-corrected chi connectivity index (χ1v) is 10.0. The second kappa shape index (κ2) is 6.23. The van der Waals surface area contributed by atoms with Crippen LogP contribution in [0.25, 0.3) is 0 Å². The minimum absolute atomic E-state index is 0.0357. The van der Waals surface area contributed by atoms with E-state index in [4.69, 9.17) is 10.7 Å². The molecule has 1 aromatic heterocycles. The summed E-state index contributed by atoms with van der Waals surface area (Å²) in [6.07, 6.45) is 2.34. The van der Waals surface area contributed by atoms with Crippen molar-refractivity contribution in [3.05, 3.63) is 12.0 Å². The minimum Gasteiger partial charge on any atom is -0.332 e. The number of halogens is 1. The maximum absolute atomic E-state index is 11.6. The van der Waals surface area contributed by atoms with E-state index in [1.54, 1.807) is 6.92 Å². The number of nitrogens with zero attached hydrogens (tertiary/aromatic N) is 2. The van der Waals surface area contributed by atoms with Gasteiger partial charge in [-0.3, -0.25) is 0 Å². The normalized spacial score (nSPS) is 12.8. The Labute approximate surface area is 118 Å². The summed E-state index contributed by atoms with van der Waals surface area (Å²) in [5, 5.41) is -0.237. The van der Waals surface area contributed by atoms with Crippen molar-refractivity contribution in [1.82, 2.24) is 9.55 Å². The summed E-state index contributed by atoms with van der Waals surface area (Å²) in [7, 11) is -1.78. The molecule has 0 fully saturated rings. The Morgan fingerprint density at radius 3 is 2.32 bits per heavy atom. The first kappa shape index (κ1) is 16.5. The third kappa shape index (κ3) is 4.77. The van der Waals surface area contributed by atoms with Crippen molar-refractivity contribution in [2.24, 2.45) is 0 Å². The number of hydrogen-bond donors (Lipinski definition) is 0. The molecule has 1 rings (SSSR count). The zero-order valence-corrected chi connectivity index (χ0v) is 13.2. The van der Waals surface area contributed by atoms with Crippen LogP contribution in [-0.4, -0.2) is 37.9 Å². The van der Waals surface area contributed by atoms with Crippen LogP contribution in [0.4, 0.5) is 0 Å². The van der Waals surface area contributed by atoms with E-state index in [-0.39, 0.29) is 23.1 Å². The maximum Gasteiger partial charge on any atom is 0.280 e. The van der Waals surface area contributed by atoms with Gasteiger partial charge in [0.1, 0.15) is 5.82 Å². The van der Waals surface area contributed by atoms with Gasteiger partial charge in [-0.1, -0.05) is 13.8 Å². The predicted molar refractivity (Wildman–Crippen MR) is 73.6 cm³/mol. The lowest BCUT2D eigenvalue weighted by atomic mass is 10.4. The van der Waals surface area contributed by atoms with Crippen molar-refractivity contribution >= 4 is 29.6 Å². The number of imidazole rings is 1. The van der Waals surface area contributed by atoms with Crippen molar-refractivity contribution in [3.63, 3.8) is 0 Å². The van der Waals surface area contributed by atoms with E-state index in [1.165, 1.54) is 10.8 Å². The summed E-state index contributed by atoms with van der Waals surface area (Å²) >= 11 is 0. The average Bonchev–Trinajstić information content (AvgIpc) is 2.69. The number of rotatable bonds is 7. The smallest absolute Gasteiger partial charge is 0.280 e. The van der Waals surface area contributed by atoms with Gasteiger partial charge in [0.15, 0.2) is 14.9 Å². The molecule has 0 bridgehead atoms. The lowest BCUT2D eigenvalue weighted by molar-refractivity contribution is 0.585. The van der Waals surface area contributed by atoms with Gasteiger partial charge in [0.25, 0.3) is 9.05 Å². The fourth-order valence-electron chi connectivity index (χ4n) is 1.67. The fourth-order valence-corrected chi connectivity index (χ4v) is 3.66. The maximum atomic E-state index is 11.6. The van der Waals surface area contributed by atoms with Crippen molar-refractivity contribution in [2.45, 2.75) is 38.3 Å². The van der Waals surface area contributed by atoms with Gasteiger partial charge in [-0.2, -0.15) is 0 Å². The van der Waals surface area contributed by atoms with Crippen LogP contribution < -0.4 is 0 Å². The van der Waals surface area contributed by atoms with Gasteiger partial charge in [-0.05, 0) is 6.42 Å². The second-order valence-corrected chi connectivity index (χ2v) is 8.95. The van der Waals surface area contributed by atoms with E-state index < -0.39 is 18.9 Å². The van der Waals surface area contributed by atoms with Gasteiger partial charge in [-0.25, -0.2) is 21.8 Å². The van der Waals surface area contributed by atoms with Gasteiger partial charge < -0.3 is 4.57 Å². The van der Waals surface area contributed by atoms with E-state index in [1.807, 2.05) is 6.92 Å². The lowest BCUT2D eigenvalue weighted by Gasteiger charge is -2.06. The van der Waals surface area contributed by atoms with Gasteiger partial charge in [0.05, 0.1) is 5.75 Å². The largest absolute Gasteiger partial charge is 0.332 e. The Kier molecular flexibility index (Phi) is 5.40. The molecule has 0 saturated heterocycles. The number of aryl methyl sites for hydroxylation is 2.